The van der Waals surface area contributed by atoms with E-state index in [1.165, 1.54) is 9.44 Å². The van der Waals surface area contributed by atoms with E-state index in [1.807, 2.05) is 0 Å². The maximum Gasteiger partial charge on any atom is 0.268 e. The van der Waals surface area contributed by atoms with E-state index in [4.69, 9.17) is 0 Å². The fourth-order valence-electron chi connectivity index (χ4n) is 3.69. The molecule has 0 radical (unpaired) electrons. The molecule has 4 aromatic carbocycles. The van der Waals surface area contributed by atoms with Crippen LogP contribution in [0.15, 0.2) is 46.2 Å². The lowest BCUT2D eigenvalue weighted by Crippen LogP contribution is -2.23. The van der Waals surface area contributed by atoms with Crippen molar-refractivity contribution in [3.05, 3.63) is 94.6 Å². The van der Waals surface area contributed by atoms with Crippen LogP contribution in [0.3, 0.4) is 0 Å². The fraction of sp³-hybridized carbons (Fsp3) is 0. The fourth-order valence-corrected chi connectivity index (χ4v) is 6.16. The standard InChI is InChI=1S/C24H10F10N2O6S2/c25-11-13(27)17(31)23(18(32)14(11)28)43(39,40)35-21-9(7-1-3-8(37)4-2-7)5-6-10(38)22(21)36-44(41,42)24-19(33)15(29)12(26)16(30)20(24)34/h1-6,35-38H. The third kappa shape index (κ3) is 5.29. The van der Waals surface area contributed by atoms with Crippen molar-refractivity contribution >= 4 is 31.4 Å². The van der Waals surface area contributed by atoms with E-state index in [1.54, 1.807) is 0 Å². The Hall–Kier alpha value is -4.72. The number of phenols is 2. The minimum Gasteiger partial charge on any atom is -0.508 e. The number of anilines is 2. The number of rotatable bonds is 7. The highest BCUT2D eigenvalue weighted by Gasteiger charge is 2.37. The van der Waals surface area contributed by atoms with Gasteiger partial charge in [0.05, 0.1) is 5.69 Å². The molecule has 0 saturated heterocycles. The number of benzene rings is 4. The summed E-state index contributed by atoms with van der Waals surface area (Å²) in [6, 6.07) is 5.30. The first-order chi connectivity index (χ1) is 20.3. The summed E-state index contributed by atoms with van der Waals surface area (Å²) in [6.45, 7) is 0. The number of phenolic OH excluding ortho intramolecular Hbond substituents is 2. The Morgan fingerprint density at radius 1 is 0.455 bits per heavy atom. The Morgan fingerprint density at radius 2 is 0.795 bits per heavy atom. The van der Waals surface area contributed by atoms with Crippen LogP contribution in [0.2, 0.25) is 0 Å². The van der Waals surface area contributed by atoms with Crippen LogP contribution in [0, 0.1) is 58.2 Å². The van der Waals surface area contributed by atoms with Crippen LogP contribution in [0.1, 0.15) is 0 Å². The van der Waals surface area contributed by atoms with Gasteiger partial charge < -0.3 is 10.2 Å². The first kappa shape index (κ1) is 32.2. The maximum atomic E-state index is 14.4. The Kier molecular flexibility index (Phi) is 8.11. The van der Waals surface area contributed by atoms with Crippen LogP contribution in [-0.2, 0) is 20.0 Å². The summed E-state index contributed by atoms with van der Waals surface area (Å²) in [7, 11) is -12.1. The summed E-state index contributed by atoms with van der Waals surface area (Å²) in [5.74, 6) is -29.7. The zero-order valence-electron chi connectivity index (χ0n) is 20.6. The van der Waals surface area contributed by atoms with Gasteiger partial charge in [0.25, 0.3) is 20.0 Å². The second-order valence-corrected chi connectivity index (χ2v) is 11.7. The molecule has 0 aliphatic heterocycles. The van der Waals surface area contributed by atoms with E-state index in [0.29, 0.717) is 6.07 Å². The van der Waals surface area contributed by atoms with E-state index in [0.717, 1.165) is 30.3 Å². The molecule has 4 rings (SSSR count). The Morgan fingerprint density at radius 3 is 1.18 bits per heavy atom. The van der Waals surface area contributed by atoms with Crippen molar-refractivity contribution in [2.75, 3.05) is 9.44 Å². The Labute approximate surface area is 238 Å². The monoisotopic (exact) mass is 676 g/mol. The first-order valence-corrected chi connectivity index (χ1v) is 14.0. The molecule has 234 valence electrons. The first-order valence-electron chi connectivity index (χ1n) is 11.1. The predicted molar refractivity (Wildman–Crippen MR) is 129 cm³/mol. The molecule has 20 heteroatoms. The number of hydrogen-bond acceptors (Lipinski definition) is 6. The zero-order valence-corrected chi connectivity index (χ0v) is 22.2. The van der Waals surface area contributed by atoms with E-state index < -0.39 is 116 Å². The Bertz CT molecular complexity index is 2020. The molecule has 4 aromatic rings. The van der Waals surface area contributed by atoms with Gasteiger partial charge in [-0.05, 0) is 29.8 Å². The molecule has 0 saturated carbocycles. The van der Waals surface area contributed by atoms with Crippen molar-refractivity contribution < 1.29 is 71.0 Å². The van der Waals surface area contributed by atoms with Gasteiger partial charge in [-0.1, -0.05) is 12.1 Å². The third-order valence-electron chi connectivity index (χ3n) is 5.71. The summed E-state index contributed by atoms with van der Waals surface area (Å²) >= 11 is 0. The largest absolute Gasteiger partial charge is 0.508 e. The molecule has 0 aromatic heterocycles. The van der Waals surface area contributed by atoms with Gasteiger partial charge in [-0.15, -0.1) is 0 Å². The smallest absolute Gasteiger partial charge is 0.268 e. The van der Waals surface area contributed by atoms with Crippen LogP contribution in [-0.4, -0.2) is 27.0 Å². The van der Waals surface area contributed by atoms with Crippen molar-refractivity contribution in [2.24, 2.45) is 0 Å². The van der Waals surface area contributed by atoms with Gasteiger partial charge >= 0.3 is 0 Å². The number of aromatic hydroxyl groups is 2. The predicted octanol–water partition coefficient (Wildman–Crippen LogP) is 5.76. The summed E-state index contributed by atoms with van der Waals surface area (Å²) < 4.78 is 194. The van der Waals surface area contributed by atoms with Gasteiger partial charge in [0.1, 0.15) is 17.2 Å². The van der Waals surface area contributed by atoms with Gasteiger partial charge in [-0.3, -0.25) is 9.44 Å². The van der Waals surface area contributed by atoms with Crippen LogP contribution >= 0.6 is 0 Å². The van der Waals surface area contributed by atoms with Crippen molar-refractivity contribution in [2.45, 2.75) is 9.79 Å². The molecule has 0 bridgehead atoms. The lowest BCUT2D eigenvalue weighted by molar-refractivity contribution is 0.358. The topological polar surface area (TPSA) is 133 Å². The van der Waals surface area contributed by atoms with Gasteiger partial charge in [-0.2, -0.15) is 0 Å². The molecule has 0 amide bonds. The van der Waals surface area contributed by atoms with Crippen LogP contribution in [0.25, 0.3) is 11.1 Å². The molecule has 8 nitrogen and oxygen atoms in total. The highest BCUT2D eigenvalue weighted by Crippen LogP contribution is 2.44. The minimum absolute atomic E-state index is 0.227. The molecule has 0 heterocycles. The number of sulfonamides is 2. The van der Waals surface area contributed by atoms with Gasteiger partial charge in [0, 0.05) is 5.56 Å². The molecule has 0 spiro atoms. The third-order valence-corrected chi connectivity index (χ3v) is 8.45. The highest BCUT2D eigenvalue weighted by atomic mass is 32.2. The van der Waals surface area contributed by atoms with Crippen LogP contribution in [0.4, 0.5) is 55.3 Å². The van der Waals surface area contributed by atoms with E-state index in [-0.39, 0.29) is 5.56 Å². The number of halogens is 10. The summed E-state index contributed by atoms with van der Waals surface area (Å²) in [5.41, 5.74) is -3.65. The molecule has 0 aliphatic rings. The highest BCUT2D eigenvalue weighted by molar-refractivity contribution is 7.93. The van der Waals surface area contributed by atoms with Crippen molar-refractivity contribution in [1.29, 1.82) is 0 Å². The molecular formula is C24H10F10N2O6S2. The molecule has 0 atom stereocenters. The van der Waals surface area contributed by atoms with E-state index >= 15 is 0 Å². The van der Waals surface area contributed by atoms with Gasteiger partial charge in [0.2, 0.25) is 11.6 Å². The normalized spacial score (nSPS) is 12.0. The molecule has 0 aliphatic carbocycles. The lowest BCUT2D eigenvalue weighted by Gasteiger charge is -2.20. The van der Waals surface area contributed by atoms with Crippen LogP contribution < -0.4 is 9.44 Å². The minimum atomic E-state index is -6.04. The average molecular weight is 676 g/mol. The average Bonchev–Trinajstić information content (AvgIpc) is 2.95. The Balaban J connectivity index is 2.02. The van der Waals surface area contributed by atoms with E-state index in [9.17, 15) is 71.0 Å². The second-order valence-electron chi connectivity index (χ2n) is 8.44. The number of nitrogens with one attached hydrogen (secondary N) is 2. The molecule has 4 N–H and O–H groups in total. The summed E-state index contributed by atoms with van der Waals surface area (Å²) in [5, 5.41) is 19.9. The van der Waals surface area contributed by atoms with Crippen molar-refractivity contribution in [1.82, 2.24) is 0 Å². The lowest BCUT2D eigenvalue weighted by atomic mass is 10.0. The summed E-state index contributed by atoms with van der Waals surface area (Å²) in [6.07, 6.45) is 0. The summed E-state index contributed by atoms with van der Waals surface area (Å²) in [4.78, 5) is -5.01. The molecular weight excluding hydrogens is 666 g/mol. The second kappa shape index (κ2) is 11.1. The van der Waals surface area contributed by atoms with Crippen molar-refractivity contribution in [3.63, 3.8) is 0 Å². The molecule has 44 heavy (non-hydrogen) atoms. The number of hydrogen-bond donors (Lipinski definition) is 4. The quantitative estimate of drug-likeness (QED) is 0.0853. The SMILES string of the molecule is O=S(=O)(Nc1c(O)ccc(-c2ccc(O)cc2)c1NS(=O)(=O)c1c(F)c(F)c(F)c(F)c1F)c1c(F)c(F)c(F)c(F)c1F. The zero-order chi connectivity index (χ0) is 33.0. The van der Waals surface area contributed by atoms with E-state index in [2.05, 4.69) is 0 Å². The maximum absolute atomic E-state index is 14.4. The molecule has 0 unspecified atom stereocenters. The molecule has 0 fully saturated rings. The van der Waals surface area contributed by atoms with Gasteiger partial charge in [0.15, 0.2) is 56.3 Å². The van der Waals surface area contributed by atoms with Gasteiger partial charge in [-0.25, -0.2) is 60.7 Å². The van der Waals surface area contributed by atoms with Crippen LogP contribution in [0.5, 0.6) is 11.5 Å². The van der Waals surface area contributed by atoms with Crippen molar-refractivity contribution in [3.8, 4) is 22.6 Å².